The molecule has 1 amide bonds. The normalized spacial score (nSPS) is 16.1. The van der Waals surface area contributed by atoms with Crippen molar-refractivity contribution in [3.63, 3.8) is 0 Å². The Kier molecular flexibility index (Phi) is 5.49. The van der Waals surface area contributed by atoms with Gasteiger partial charge < -0.3 is 19.0 Å². The van der Waals surface area contributed by atoms with Crippen LogP contribution in [0.3, 0.4) is 0 Å². The molecule has 1 aliphatic rings. The summed E-state index contributed by atoms with van der Waals surface area (Å²) in [6, 6.07) is 13.2. The van der Waals surface area contributed by atoms with Crippen molar-refractivity contribution >= 4 is 27.8 Å². The van der Waals surface area contributed by atoms with E-state index in [1.165, 1.54) is 0 Å². The second-order valence-corrected chi connectivity index (χ2v) is 8.38. The molecule has 7 nitrogen and oxygen atoms in total. The van der Waals surface area contributed by atoms with Gasteiger partial charge in [0.25, 0.3) is 5.56 Å². The lowest BCUT2D eigenvalue weighted by Crippen LogP contribution is -2.38. The number of hydrogen-bond donors (Lipinski definition) is 1. The number of H-pyrrole nitrogens is 1. The zero-order valence-corrected chi connectivity index (χ0v) is 18.0. The van der Waals surface area contributed by atoms with Gasteiger partial charge in [0, 0.05) is 24.1 Å². The van der Waals surface area contributed by atoms with Crippen molar-refractivity contribution in [3.8, 4) is 0 Å². The summed E-state index contributed by atoms with van der Waals surface area (Å²) < 4.78 is 11.4. The molecule has 1 atom stereocenters. The summed E-state index contributed by atoms with van der Waals surface area (Å²) in [5, 5.41) is 1.48. The van der Waals surface area contributed by atoms with Crippen LogP contribution in [0.1, 0.15) is 29.8 Å². The number of hydrogen-bond acceptors (Lipinski definition) is 5. The Balaban J connectivity index is 1.42. The van der Waals surface area contributed by atoms with Crippen molar-refractivity contribution in [2.24, 2.45) is 0 Å². The van der Waals surface area contributed by atoms with Crippen LogP contribution in [0.5, 0.6) is 0 Å². The minimum absolute atomic E-state index is 0.00475. The van der Waals surface area contributed by atoms with Crippen LogP contribution in [0.15, 0.2) is 57.9 Å². The van der Waals surface area contributed by atoms with Gasteiger partial charge in [-0.2, -0.15) is 0 Å². The molecule has 164 valence electrons. The van der Waals surface area contributed by atoms with Gasteiger partial charge in [-0.25, -0.2) is 4.98 Å². The van der Waals surface area contributed by atoms with Crippen molar-refractivity contribution in [2.45, 2.75) is 38.8 Å². The first-order chi connectivity index (χ1) is 15.6. The SMILES string of the molecule is Cc1ccc2c(CC(=O)N(Cc3nc4ccccc4c(=O)[nH]3)CC3CCCO3)coc2c1. The molecule has 0 saturated carbocycles. The molecule has 3 heterocycles. The molecule has 1 aliphatic heterocycles. The molecule has 1 N–H and O–H groups in total. The van der Waals surface area contributed by atoms with Gasteiger partial charge in [0.2, 0.25) is 5.91 Å². The van der Waals surface area contributed by atoms with Crippen LogP contribution in [-0.2, 0) is 22.5 Å². The van der Waals surface area contributed by atoms with Crippen molar-refractivity contribution < 1.29 is 13.9 Å². The number of aryl methyl sites for hydroxylation is 1. The molecule has 1 saturated heterocycles. The number of nitrogens with one attached hydrogen (secondary N) is 1. The molecule has 0 bridgehead atoms. The number of rotatable bonds is 6. The first kappa shape index (κ1) is 20.5. The maximum Gasteiger partial charge on any atom is 0.258 e. The third-order valence-corrected chi connectivity index (χ3v) is 5.96. The Morgan fingerprint density at radius 1 is 1.22 bits per heavy atom. The molecule has 32 heavy (non-hydrogen) atoms. The summed E-state index contributed by atoms with van der Waals surface area (Å²) in [7, 11) is 0. The van der Waals surface area contributed by atoms with Crippen molar-refractivity contribution in [1.29, 1.82) is 0 Å². The van der Waals surface area contributed by atoms with Crippen molar-refractivity contribution in [2.75, 3.05) is 13.2 Å². The number of ether oxygens (including phenoxy) is 1. The molecule has 2 aromatic carbocycles. The average Bonchev–Trinajstić information content (AvgIpc) is 3.43. The number of carbonyl (C=O) groups is 1. The van der Waals surface area contributed by atoms with Crippen LogP contribution in [0, 0.1) is 6.92 Å². The fraction of sp³-hybridized carbons (Fsp3) is 0.320. The van der Waals surface area contributed by atoms with Gasteiger partial charge in [0.15, 0.2) is 0 Å². The molecule has 1 fully saturated rings. The fourth-order valence-electron chi connectivity index (χ4n) is 4.28. The van der Waals surface area contributed by atoms with Crippen LogP contribution in [0.25, 0.3) is 21.9 Å². The molecule has 0 spiro atoms. The van der Waals surface area contributed by atoms with E-state index in [1.807, 2.05) is 37.3 Å². The Labute approximate surface area is 185 Å². The highest BCUT2D eigenvalue weighted by Gasteiger charge is 2.24. The minimum Gasteiger partial charge on any atom is -0.464 e. The van der Waals surface area contributed by atoms with Crippen LogP contribution in [0.4, 0.5) is 0 Å². The second-order valence-electron chi connectivity index (χ2n) is 8.38. The predicted molar refractivity (Wildman–Crippen MR) is 121 cm³/mol. The lowest BCUT2D eigenvalue weighted by Gasteiger charge is -2.25. The summed E-state index contributed by atoms with van der Waals surface area (Å²) in [5.41, 5.74) is 3.15. The van der Waals surface area contributed by atoms with Gasteiger partial charge in [-0.15, -0.1) is 0 Å². The molecule has 7 heteroatoms. The lowest BCUT2D eigenvalue weighted by molar-refractivity contribution is -0.132. The summed E-state index contributed by atoms with van der Waals surface area (Å²) in [6.45, 7) is 3.40. The van der Waals surface area contributed by atoms with Crippen molar-refractivity contribution in [1.82, 2.24) is 14.9 Å². The van der Waals surface area contributed by atoms with Gasteiger partial charge in [-0.3, -0.25) is 9.59 Å². The monoisotopic (exact) mass is 431 g/mol. The fourth-order valence-corrected chi connectivity index (χ4v) is 4.28. The average molecular weight is 431 g/mol. The molecule has 4 aromatic rings. The number of furan rings is 1. The van der Waals surface area contributed by atoms with E-state index in [9.17, 15) is 9.59 Å². The highest BCUT2D eigenvalue weighted by molar-refractivity contribution is 5.88. The van der Waals surface area contributed by atoms with E-state index in [0.717, 1.165) is 34.9 Å². The third kappa shape index (κ3) is 4.16. The molecular formula is C25H25N3O4. The smallest absolute Gasteiger partial charge is 0.258 e. The van der Waals surface area contributed by atoms with Gasteiger partial charge in [0.05, 0.1) is 36.2 Å². The molecular weight excluding hydrogens is 406 g/mol. The van der Waals surface area contributed by atoms with E-state index in [0.29, 0.717) is 29.9 Å². The number of aromatic amines is 1. The van der Waals surface area contributed by atoms with E-state index < -0.39 is 0 Å². The van der Waals surface area contributed by atoms with Gasteiger partial charge in [-0.1, -0.05) is 24.3 Å². The molecule has 1 unspecified atom stereocenters. The summed E-state index contributed by atoms with van der Waals surface area (Å²) >= 11 is 0. The van der Waals surface area contributed by atoms with Gasteiger partial charge in [0.1, 0.15) is 11.4 Å². The number of fused-ring (bicyclic) bond motifs is 2. The second kappa shape index (κ2) is 8.59. The summed E-state index contributed by atoms with van der Waals surface area (Å²) in [5.74, 6) is 0.410. The topological polar surface area (TPSA) is 88.4 Å². The molecule has 5 rings (SSSR count). The number of nitrogens with zero attached hydrogens (tertiary/aromatic N) is 2. The summed E-state index contributed by atoms with van der Waals surface area (Å²) in [6.07, 6.45) is 3.76. The quantitative estimate of drug-likeness (QED) is 0.503. The first-order valence-corrected chi connectivity index (χ1v) is 10.9. The largest absolute Gasteiger partial charge is 0.464 e. The molecule has 2 aromatic heterocycles. The van der Waals surface area contributed by atoms with Crippen molar-refractivity contribution in [3.05, 3.63) is 76.0 Å². The van der Waals surface area contributed by atoms with E-state index in [-0.39, 0.29) is 30.5 Å². The zero-order valence-electron chi connectivity index (χ0n) is 18.0. The Bertz CT molecular complexity index is 1330. The molecule has 0 radical (unpaired) electrons. The maximum atomic E-state index is 13.4. The van der Waals surface area contributed by atoms with E-state index in [1.54, 1.807) is 23.3 Å². The number of benzene rings is 2. The first-order valence-electron chi connectivity index (χ1n) is 10.9. The third-order valence-electron chi connectivity index (χ3n) is 5.96. The zero-order chi connectivity index (χ0) is 22.1. The maximum absolute atomic E-state index is 13.4. The highest BCUT2D eigenvalue weighted by Crippen LogP contribution is 2.24. The predicted octanol–water partition coefficient (Wildman–Crippen LogP) is 3.73. The number of amides is 1. The van der Waals surface area contributed by atoms with E-state index in [4.69, 9.17) is 9.15 Å². The Hall–Kier alpha value is -3.45. The highest BCUT2D eigenvalue weighted by atomic mass is 16.5. The minimum atomic E-state index is -0.202. The van der Waals surface area contributed by atoms with Crippen LogP contribution in [0.2, 0.25) is 0 Å². The lowest BCUT2D eigenvalue weighted by atomic mass is 10.1. The van der Waals surface area contributed by atoms with E-state index in [2.05, 4.69) is 9.97 Å². The number of para-hydroxylation sites is 1. The summed E-state index contributed by atoms with van der Waals surface area (Å²) in [4.78, 5) is 35.0. The van der Waals surface area contributed by atoms with E-state index >= 15 is 0 Å². The Morgan fingerprint density at radius 2 is 2.09 bits per heavy atom. The number of aromatic nitrogens is 2. The Morgan fingerprint density at radius 3 is 2.94 bits per heavy atom. The van der Waals surface area contributed by atoms with Crippen LogP contribution >= 0.6 is 0 Å². The van der Waals surface area contributed by atoms with Crippen LogP contribution in [-0.4, -0.2) is 40.0 Å². The molecule has 0 aliphatic carbocycles. The van der Waals surface area contributed by atoms with Gasteiger partial charge >= 0.3 is 0 Å². The standard InChI is InChI=1S/C25H25N3O4/c1-16-8-9-19-17(15-32-22(19)11-16)12-24(29)28(13-18-5-4-10-31-18)14-23-26-21-7-3-2-6-20(21)25(30)27-23/h2-3,6-9,11,15,18H,4-5,10,12-14H2,1H3,(H,26,27,30). The van der Waals surface area contributed by atoms with Crippen LogP contribution < -0.4 is 5.56 Å². The number of carbonyl (C=O) groups excluding carboxylic acids is 1. The van der Waals surface area contributed by atoms with Gasteiger partial charge in [-0.05, 0) is 43.5 Å².